The predicted octanol–water partition coefficient (Wildman–Crippen LogP) is 3.25. The van der Waals surface area contributed by atoms with Crippen LogP contribution in [0.3, 0.4) is 0 Å². The Balaban J connectivity index is 1.80. The summed E-state index contributed by atoms with van der Waals surface area (Å²) >= 11 is 0. The Kier molecular flexibility index (Phi) is 5.56. The van der Waals surface area contributed by atoms with Gasteiger partial charge < -0.3 is 9.64 Å². The number of benzene rings is 2. The third-order valence-electron chi connectivity index (χ3n) is 5.08. The van der Waals surface area contributed by atoms with Crippen LogP contribution in [0.4, 0.5) is 0 Å². The highest BCUT2D eigenvalue weighted by atomic mass is 32.2. The average Bonchev–Trinajstić information content (AvgIpc) is 3.09. The van der Waals surface area contributed by atoms with Gasteiger partial charge in [-0.1, -0.05) is 18.2 Å². The second-order valence-corrected chi connectivity index (χ2v) is 9.12. The van der Waals surface area contributed by atoms with Gasteiger partial charge in [0.05, 0.1) is 12.0 Å². The van der Waals surface area contributed by atoms with E-state index >= 15 is 0 Å². The second-order valence-electron chi connectivity index (χ2n) is 7.10. The van der Waals surface area contributed by atoms with Gasteiger partial charge in [-0.2, -0.15) is 0 Å². The van der Waals surface area contributed by atoms with E-state index in [0.29, 0.717) is 12.1 Å². The van der Waals surface area contributed by atoms with Crippen LogP contribution in [0.25, 0.3) is 0 Å². The molecule has 2 aromatic carbocycles. The van der Waals surface area contributed by atoms with Crippen LogP contribution in [0.5, 0.6) is 5.75 Å². The van der Waals surface area contributed by atoms with Gasteiger partial charge in [0.2, 0.25) is 0 Å². The number of aryl methyl sites for hydroxylation is 1. The van der Waals surface area contributed by atoms with Crippen LogP contribution in [0.2, 0.25) is 0 Å². The van der Waals surface area contributed by atoms with Crippen LogP contribution in [-0.4, -0.2) is 45.2 Å². The summed E-state index contributed by atoms with van der Waals surface area (Å²) in [6.45, 7) is 2.71. The predicted molar refractivity (Wildman–Crippen MR) is 105 cm³/mol. The maximum Gasteiger partial charge on any atom is 0.254 e. The Morgan fingerprint density at radius 2 is 2.00 bits per heavy atom. The monoisotopic (exact) mass is 387 g/mol. The van der Waals surface area contributed by atoms with E-state index in [1.807, 2.05) is 24.0 Å². The van der Waals surface area contributed by atoms with E-state index in [4.69, 9.17) is 4.74 Å². The maximum absolute atomic E-state index is 13.0. The zero-order chi connectivity index (χ0) is 19.6. The van der Waals surface area contributed by atoms with Crippen LogP contribution in [0.1, 0.15) is 34.3 Å². The zero-order valence-electron chi connectivity index (χ0n) is 15.9. The number of ether oxygens (including phenoxy) is 1. The molecule has 1 saturated heterocycles. The number of likely N-dealkylation sites (tertiary alicyclic amines) is 1. The van der Waals surface area contributed by atoms with Crippen molar-refractivity contribution in [2.75, 3.05) is 19.9 Å². The molecule has 3 rings (SSSR count). The first-order chi connectivity index (χ1) is 12.8. The molecule has 0 aliphatic carbocycles. The summed E-state index contributed by atoms with van der Waals surface area (Å²) in [5.41, 5.74) is 2.67. The molecule has 0 aromatic heterocycles. The van der Waals surface area contributed by atoms with E-state index in [2.05, 4.69) is 6.07 Å². The summed E-state index contributed by atoms with van der Waals surface area (Å²) in [5, 5.41) is 0. The fourth-order valence-corrected chi connectivity index (χ4v) is 4.35. The maximum atomic E-state index is 13.0. The third kappa shape index (κ3) is 4.33. The molecule has 1 unspecified atom stereocenters. The summed E-state index contributed by atoms with van der Waals surface area (Å²) in [6, 6.07) is 12.5. The van der Waals surface area contributed by atoms with Crippen LogP contribution in [0.15, 0.2) is 47.4 Å². The van der Waals surface area contributed by atoms with Crippen molar-refractivity contribution in [1.82, 2.24) is 4.90 Å². The topological polar surface area (TPSA) is 63.7 Å². The molecule has 1 aliphatic rings. The summed E-state index contributed by atoms with van der Waals surface area (Å²) in [6.07, 6.45) is 3.84. The molecular weight excluding hydrogens is 362 g/mol. The normalized spacial score (nSPS) is 17.1. The van der Waals surface area contributed by atoms with Crippen molar-refractivity contribution in [3.05, 3.63) is 59.2 Å². The number of amides is 1. The zero-order valence-corrected chi connectivity index (χ0v) is 16.8. The van der Waals surface area contributed by atoms with Gasteiger partial charge >= 0.3 is 0 Å². The van der Waals surface area contributed by atoms with Gasteiger partial charge in [0.1, 0.15) is 5.75 Å². The fraction of sp³-hybridized carbons (Fsp3) is 0.381. The molecule has 1 heterocycles. The number of nitrogens with zero attached hydrogens (tertiary/aromatic N) is 1. The van der Waals surface area contributed by atoms with Gasteiger partial charge in [0.25, 0.3) is 5.91 Å². The lowest BCUT2D eigenvalue weighted by Crippen LogP contribution is -2.36. The summed E-state index contributed by atoms with van der Waals surface area (Å²) in [5.74, 6) is 0.754. The van der Waals surface area contributed by atoms with Crippen molar-refractivity contribution in [1.29, 1.82) is 0 Å². The number of hydrogen-bond acceptors (Lipinski definition) is 4. The second kappa shape index (κ2) is 7.72. The van der Waals surface area contributed by atoms with E-state index in [9.17, 15) is 13.2 Å². The summed E-state index contributed by atoms with van der Waals surface area (Å²) in [4.78, 5) is 15.1. The lowest BCUT2D eigenvalue weighted by Gasteiger charge is -2.25. The molecule has 0 spiro atoms. The molecule has 1 amide bonds. The number of sulfone groups is 1. The van der Waals surface area contributed by atoms with E-state index in [0.717, 1.165) is 36.8 Å². The van der Waals surface area contributed by atoms with Crippen molar-refractivity contribution in [2.24, 2.45) is 0 Å². The van der Waals surface area contributed by atoms with Gasteiger partial charge in [0.15, 0.2) is 9.84 Å². The number of methoxy groups -OCH3 is 1. The van der Waals surface area contributed by atoms with Gasteiger partial charge in [-0.25, -0.2) is 8.42 Å². The SMILES string of the molecule is COc1ccc(CC2CCCN2C(=O)c2cccc(S(C)(=O)=O)c2)cc1C. The molecular formula is C21H25NO4S. The fourth-order valence-electron chi connectivity index (χ4n) is 3.68. The highest BCUT2D eigenvalue weighted by Crippen LogP contribution is 2.26. The smallest absolute Gasteiger partial charge is 0.254 e. The molecule has 0 radical (unpaired) electrons. The molecule has 6 heteroatoms. The lowest BCUT2D eigenvalue weighted by atomic mass is 10.0. The third-order valence-corrected chi connectivity index (χ3v) is 6.19. The van der Waals surface area contributed by atoms with Crippen molar-refractivity contribution in [3.8, 4) is 5.75 Å². The van der Waals surface area contributed by atoms with Crippen LogP contribution in [-0.2, 0) is 16.3 Å². The highest BCUT2D eigenvalue weighted by molar-refractivity contribution is 7.90. The molecule has 0 saturated carbocycles. The molecule has 5 nitrogen and oxygen atoms in total. The Hall–Kier alpha value is -2.34. The van der Waals surface area contributed by atoms with E-state index in [1.54, 1.807) is 19.2 Å². The minimum absolute atomic E-state index is 0.103. The first-order valence-corrected chi connectivity index (χ1v) is 10.9. The summed E-state index contributed by atoms with van der Waals surface area (Å²) < 4.78 is 28.9. The van der Waals surface area contributed by atoms with Crippen molar-refractivity contribution in [2.45, 2.75) is 37.1 Å². The Bertz CT molecular complexity index is 952. The largest absolute Gasteiger partial charge is 0.496 e. The quantitative estimate of drug-likeness (QED) is 0.790. The molecule has 2 aromatic rings. The summed E-state index contributed by atoms with van der Waals surface area (Å²) in [7, 11) is -1.68. The van der Waals surface area contributed by atoms with E-state index < -0.39 is 9.84 Å². The van der Waals surface area contributed by atoms with Gasteiger partial charge in [-0.05, 0) is 61.6 Å². The van der Waals surface area contributed by atoms with Gasteiger partial charge in [-0.15, -0.1) is 0 Å². The molecule has 27 heavy (non-hydrogen) atoms. The van der Waals surface area contributed by atoms with Crippen molar-refractivity contribution < 1.29 is 17.9 Å². The Labute approximate surface area is 160 Å². The molecule has 0 bridgehead atoms. The molecule has 1 aliphatic heterocycles. The average molecular weight is 388 g/mol. The van der Waals surface area contributed by atoms with Crippen molar-refractivity contribution in [3.63, 3.8) is 0 Å². The highest BCUT2D eigenvalue weighted by Gasteiger charge is 2.30. The lowest BCUT2D eigenvalue weighted by molar-refractivity contribution is 0.0736. The number of hydrogen-bond donors (Lipinski definition) is 0. The van der Waals surface area contributed by atoms with Crippen LogP contribution >= 0.6 is 0 Å². The Morgan fingerprint density at radius 1 is 1.22 bits per heavy atom. The van der Waals surface area contributed by atoms with Crippen LogP contribution < -0.4 is 4.74 Å². The Morgan fingerprint density at radius 3 is 2.67 bits per heavy atom. The first kappa shape index (κ1) is 19.4. The van der Waals surface area contributed by atoms with Gasteiger partial charge in [0, 0.05) is 24.4 Å². The standard InChI is InChI=1S/C21H25NO4S/c1-15-12-16(9-10-20(15)26-2)13-18-7-5-11-22(18)21(23)17-6-4-8-19(14-17)27(3,24)25/h4,6,8-10,12,14,18H,5,7,11,13H2,1-3H3. The number of carbonyl (C=O) groups is 1. The minimum atomic E-state index is -3.34. The van der Waals surface area contributed by atoms with Crippen molar-refractivity contribution >= 4 is 15.7 Å². The van der Waals surface area contributed by atoms with Gasteiger partial charge in [-0.3, -0.25) is 4.79 Å². The molecule has 144 valence electrons. The van der Waals surface area contributed by atoms with E-state index in [-0.39, 0.29) is 16.8 Å². The minimum Gasteiger partial charge on any atom is -0.496 e. The molecule has 1 fully saturated rings. The van der Waals surface area contributed by atoms with E-state index in [1.165, 1.54) is 17.7 Å². The number of carbonyl (C=O) groups excluding carboxylic acids is 1. The van der Waals surface area contributed by atoms with Crippen LogP contribution in [0, 0.1) is 6.92 Å². The first-order valence-electron chi connectivity index (χ1n) is 9.04. The molecule has 1 atom stereocenters. The molecule has 0 N–H and O–H groups in total. The number of rotatable bonds is 5.